The van der Waals surface area contributed by atoms with Gasteiger partial charge in [0.1, 0.15) is 17.2 Å². The number of nitrogens with zero attached hydrogens (tertiary/aromatic N) is 5. The lowest BCUT2D eigenvalue weighted by atomic mass is 10.0. The summed E-state index contributed by atoms with van der Waals surface area (Å²) in [6, 6.07) is 16.5. The van der Waals surface area contributed by atoms with Crippen LogP contribution in [0.25, 0.3) is 40.0 Å². The summed E-state index contributed by atoms with van der Waals surface area (Å²) < 4.78 is 1.56. The molecular formula is C28H25N5O3. The molecular weight excluding hydrogens is 454 g/mol. The Morgan fingerprint density at radius 1 is 0.639 bits per heavy atom. The van der Waals surface area contributed by atoms with Gasteiger partial charge in [0.15, 0.2) is 11.6 Å². The molecule has 0 bridgehead atoms. The number of rotatable bonds is 4. The molecule has 0 spiro atoms. The minimum Gasteiger partial charge on any atom is -0.508 e. The molecule has 0 amide bonds. The Morgan fingerprint density at radius 3 is 1.92 bits per heavy atom. The van der Waals surface area contributed by atoms with Crippen LogP contribution in [0.3, 0.4) is 0 Å². The van der Waals surface area contributed by atoms with E-state index in [1.807, 2.05) is 63.4 Å². The van der Waals surface area contributed by atoms with Crippen molar-refractivity contribution in [2.24, 2.45) is 0 Å². The van der Waals surface area contributed by atoms with Gasteiger partial charge in [-0.05, 0) is 62.6 Å². The standard InChI is InChI=1S/C28H25N5O3/c1-15-10-11-20(24(35)17(15)3)26-29-27(21-12-13-22(34)18(4)25(21)36)31-28(30-26)33-14-16(2)23(32-33)19-8-6-5-7-9-19/h5-14,34-36H,1-4H3. The van der Waals surface area contributed by atoms with Crippen molar-refractivity contribution in [3.8, 4) is 57.2 Å². The largest absolute Gasteiger partial charge is 0.508 e. The Kier molecular flexibility index (Phi) is 5.64. The minimum absolute atomic E-state index is 0.0345. The SMILES string of the molecule is Cc1cn(-c2nc(-c3ccc(C)c(C)c3O)nc(-c3ccc(O)c(C)c3O)n2)nc1-c1ccccc1. The summed E-state index contributed by atoms with van der Waals surface area (Å²) in [6.07, 6.45) is 1.83. The lowest BCUT2D eigenvalue weighted by Crippen LogP contribution is -2.07. The number of aromatic hydroxyl groups is 3. The van der Waals surface area contributed by atoms with E-state index in [0.717, 1.165) is 27.9 Å². The zero-order chi connectivity index (χ0) is 25.6. The predicted molar refractivity (Wildman–Crippen MR) is 137 cm³/mol. The van der Waals surface area contributed by atoms with Gasteiger partial charge in [-0.15, -0.1) is 0 Å². The van der Waals surface area contributed by atoms with Gasteiger partial charge in [0, 0.05) is 17.3 Å². The van der Waals surface area contributed by atoms with Crippen LogP contribution in [0.5, 0.6) is 17.2 Å². The molecule has 180 valence electrons. The summed E-state index contributed by atoms with van der Waals surface area (Å²) >= 11 is 0. The van der Waals surface area contributed by atoms with E-state index < -0.39 is 0 Å². The van der Waals surface area contributed by atoms with E-state index in [2.05, 4.69) is 15.0 Å². The highest BCUT2D eigenvalue weighted by Gasteiger charge is 2.20. The predicted octanol–water partition coefficient (Wildman–Crippen LogP) is 5.41. The number of phenols is 3. The Bertz CT molecular complexity index is 1530. The molecule has 5 rings (SSSR count). The van der Waals surface area contributed by atoms with Gasteiger partial charge < -0.3 is 15.3 Å². The first-order chi connectivity index (χ1) is 17.2. The second-order valence-electron chi connectivity index (χ2n) is 8.76. The van der Waals surface area contributed by atoms with Crippen LogP contribution >= 0.6 is 0 Å². The maximum atomic E-state index is 10.9. The lowest BCUT2D eigenvalue weighted by molar-refractivity contribution is 0.444. The van der Waals surface area contributed by atoms with E-state index in [4.69, 9.17) is 5.10 Å². The summed E-state index contributed by atoms with van der Waals surface area (Å²) in [5.41, 5.74) is 5.41. The van der Waals surface area contributed by atoms with Crippen LogP contribution in [0.4, 0.5) is 0 Å². The molecule has 0 saturated carbocycles. The van der Waals surface area contributed by atoms with Crippen LogP contribution in [0.2, 0.25) is 0 Å². The lowest BCUT2D eigenvalue weighted by Gasteiger charge is -2.12. The van der Waals surface area contributed by atoms with Crippen molar-refractivity contribution in [3.63, 3.8) is 0 Å². The highest BCUT2D eigenvalue weighted by Crippen LogP contribution is 2.37. The first-order valence-electron chi connectivity index (χ1n) is 11.4. The van der Waals surface area contributed by atoms with Crippen LogP contribution in [0.1, 0.15) is 22.3 Å². The minimum atomic E-state index is -0.135. The molecule has 8 heteroatoms. The van der Waals surface area contributed by atoms with E-state index >= 15 is 0 Å². The highest BCUT2D eigenvalue weighted by molar-refractivity contribution is 5.73. The van der Waals surface area contributed by atoms with Crippen molar-refractivity contribution < 1.29 is 15.3 Å². The van der Waals surface area contributed by atoms with Crippen molar-refractivity contribution >= 4 is 0 Å². The van der Waals surface area contributed by atoms with E-state index in [9.17, 15) is 15.3 Å². The molecule has 0 aliphatic carbocycles. The van der Waals surface area contributed by atoms with Crippen molar-refractivity contribution in [2.45, 2.75) is 27.7 Å². The molecule has 0 fully saturated rings. The first-order valence-corrected chi connectivity index (χ1v) is 11.4. The quantitative estimate of drug-likeness (QED) is 0.315. The number of hydrogen-bond donors (Lipinski definition) is 3. The molecule has 5 aromatic rings. The molecule has 2 aromatic heterocycles. The third-order valence-electron chi connectivity index (χ3n) is 6.36. The van der Waals surface area contributed by atoms with Crippen molar-refractivity contribution in [3.05, 3.63) is 83.0 Å². The molecule has 0 unspecified atom stereocenters. The number of hydrogen-bond acceptors (Lipinski definition) is 7. The summed E-state index contributed by atoms with van der Waals surface area (Å²) in [6.45, 7) is 7.31. The Labute approximate surface area is 208 Å². The third kappa shape index (κ3) is 3.92. The van der Waals surface area contributed by atoms with Crippen molar-refractivity contribution in [1.82, 2.24) is 24.7 Å². The second kappa shape index (κ2) is 8.81. The summed E-state index contributed by atoms with van der Waals surface area (Å²) in [5, 5.41) is 36.4. The van der Waals surface area contributed by atoms with Crippen LogP contribution in [-0.4, -0.2) is 40.1 Å². The van der Waals surface area contributed by atoms with Gasteiger partial charge in [0.2, 0.25) is 0 Å². The van der Waals surface area contributed by atoms with Crippen LogP contribution < -0.4 is 0 Å². The second-order valence-corrected chi connectivity index (χ2v) is 8.76. The number of aromatic nitrogens is 5. The van der Waals surface area contributed by atoms with E-state index in [0.29, 0.717) is 16.7 Å². The highest BCUT2D eigenvalue weighted by atomic mass is 16.3. The van der Waals surface area contributed by atoms with Gasteiger partial charge in [-0.25, -0.2) is 9.67 Å². The third-order valence-corrected chi connectivity index (χ3v) is 6.36. The van der Waals surface area contributed by atoms with Crippen LogP contribution in [0, 0.1) is 27.7 Å². The van der Waals surface area contributed by atoms with Gasteiger partial charge >= 0.3 is 0 Å². The molecule has 0 radical (unpaired) electrons. The zero-order valence-corrected chi connectivity index (χ0v) is 20.4. The topological polar surface area (TPSA) is 117 Å². The molecule has 0 saturated heterocycles. The maximum absolute atomic E-state index is 10.9. The van der Waals surface area contributed by atoms with Gasteiger partial charge in [-0.1, -0.05) is 36.4 Å². The summed E-state index contributed by atoms with van der Waals surface area (Å²) in [5.74, 6) is 0.545. The first kappa shape index (κ1) is 23.0. The number of phenolic OH excluding ortho intramolecular Hbond substituents is 3. The number of aryl methyl sites for hydroxylation is 2. The number of benzene rings is 3. The van der Waals surface area contributed by atoms with Gasteiger partial charge in [0.05, 0.1) is 16.8 Å². The fourth-order valence-electron chi connectivity index (χ4n) is 4.00. The summed E-state index contributed by atoms with van der Waals surface area (Å²) in [7, 11) is 0. The van der Waals surface area contributed by atoms with Crippen LogP contribution in [-0.2, 0) is 0 Å². The fraction of sp³-hybridized carbons (Fsp3) is 0.143. The molecule has 0 atom stereocenters. The Balaban J connectivity index is 1.74. The molecule has 3 aromatic carbocycles. The van der Waals surface area contributed by atoms with Crippen molar-refractivity contribution in [1.29, 1.82) is 0 Å². The Morgan fingerprint density at radius 2 is 1.25 bits per heavy atom. The van der Waals surface area contributed by atoms with Gasteiger partial charge in [0.25, 0.3) is 5.95 Å². The molecule has 0 aliphatic heterocycles. The molecule has 3 N–H and O–H groups in total. The van der Waals surface area contributed by atoms with E-state index in [1.165, 1.54) is 6.07 Å². The smallest absolute Gasteiger partial charge is 0.254 e. The van der Waals surface area contributed by atoms with Gasteiger partial charge in [-0.2, -0.15) is 15.1 Å². The van der Waals surface area contributed by atoms with Crippen molar-refractivity contribution in [2.75, 3.05) is 0 Å². The molecule has 8 nitrogen and oxygen atoms in total. The van der Waals surface area contributed by atoms with E-state index in [1.54, 1.807) is 23.7 Å². The van der Waals surface area contributed by atoms with Gasteiger partial charge in [-0.3, -0.25) is 0 Å². The average Bonchev–Trinajstić information content (AvgIpc) is 3.28. The monoisotopic (exact) mass is 479 g/mol. The van der Waals surface area contributed by atoms with Crippen LogP contribution in [0.15, 0.2) is 60.8 Å². The molecule has 0 aliphatic rings. The average molecular weight is 480 g/mol. The molecule has 2 heterocycles. The zero-order valence-electron chi connectivity index (χ0n) is 20.4. The fourth-order valence-corrected chi connectivity index (χ4v) is 4.00. The summed E-state index contributed by atoms with van der Waals surface area (Å²) in [4.78, 5) is 13.8. The normalized spacial score (nSPS) is 11.1. The molecule has 36 heavy (non-hydrogen) atoms. The Hall–Kier alpha value is -4.72. The van der Waals surface area contributed by atoms with E-state index in [-0.39, 0.29) is 34.8 Å². The maximum Gasteiger partial charge on any atom is 0.254 e.